The Balaban J connectivity index is 1.85. The smallest absolute Gasteiger partial charge is 0.253 e. The summed E-state index contributed by atoms with van der Waals surface area (Å²) >= 11 is 3.37. The van der Waals surface area contributed by atoms with Crippen LogP contribution in [-0.2, 0) is 4.79 Å². The van der Waals surface area contributed by atoms with Gasteiger partial charge in [0.05, 0.1) is 6.54 Å². The first-order chi connectivity index (χ1) is 11.5. The molecule has 0 saturated carbocycles. The monoisotopic (exact) mass is 390 g/mol. The number of rotatable bonds is 6. The molecule has 2 aromatic rings. The Labute approximate surface area is 149 Å². The molecule has 0 aliphatic carbocycles. The molecule has 0 unspecified atom stereocenters. The standard InChI is InChI=1S/C18H19BrN2O3/c1-13(22)20-16-7-3-14(4-8-16)18(23)21(2)11-12-24-17-9-5-15(19)6-10-17/h3-10H,11-12H2,1-2H3,(H,20,22). The van der Waals surface area contributed by atoms with Crippen molar-refractivity contribution in [2.75, 3.05) is 25.5 Å². The third kappa shape index (κ3) is 5.38. The number of amides is 2. The van der Waals surface area contributed by atoms with Gasteiger partial charge in [-0.15, -0.1) is 0 Å². The molecule has 0 radical (unpaired) electrons. The molecule has 6 heteroatoms. The van der Waals surface area contributed by atoms with E-state index in [2.05, 4.69) is 21.2 Å². The fourth-order valence-electron chi connectivity index (χ4n) is 2.05. The summed E-state index contributed by atoms with van der Waals surface area (Å²) in [5.41, 5.74) is 1.23. The van der Waals surface area contributed by atoms with Gasteiger partial charge in [-0.3, -0.25) is 9.59 Å². The number of carbonyl (C=O) groups excluding carboxylic acids is 2. The molecule has 0 aliphatic rings. The van der Waals surface area contributed by atoms with E-state index in [-0.39, 0.29) is 11.8 Å². The van der Waals surface area contributed by atoms with Crippen molar-refractivity contribution in [1.82, 2.24) is 4.90 Å². The molecule has 0 aromatic heterocycles. The molecule has 0 bridgehead atoms. The summed E-state index contributed by atoms with van der Waals surface area (Å²) in [6, 6.07) is 14.3. The van der Waals surface area contributed by atoms with Crippen molar-refractivity contribution in [2.45, 2.75) is 6.92 Å². The third-order valence-corrected chi connectivity index (χ3v) is 3.84. The second-order valence-corrected chi connectivity index (χ2v) is 6.20. The van der Waals surface area contributed by atoms with Crippen LogP contribution in [0.15, 0.2) is 53.0 Å². The van der Waals surface area contributed by atoms with Crippen LogP contribution in [0, 0.1) is 0 Å². The van der Waals surface area contributed by atoms with Gasteiger partial charge < -0.3 is 15.0 Å². The molecule has 24 heavy (non-hydrogen) atoms. The van der Waals surface area contributed by atoms with Crippen LogP contribution in [0.1, 0.15) is 17.3 Å². The van der Waals surface area contributed by atoms with Gasteiger partial charge in [0.1, 0.15) is 12.4 Å². The Morgan fingerprint density at radius 1 is 1.08 bits per heavy atom. The minimum absolute atomic E-state index is 0.0937. The van der Waals surface area contributed by atoms with E-state index in [1.807, 2.05) is 24.3 Å². The maximum Gasteiger partial charge on any atom is 0.253 e. The predicted octanol–water partition coefficient (Wildman–Crippen LogP) is 3.56. The lowest BCUT2D eigenvalue weighted by atomic mass is 10.2. The van der Waals surface area contributed by atoms with Gasteiger partial charge in [0.2, 0.25) is 5.91 Å². The van der Waals surface area contributed by atoms with Gasteiger partial charge >= 0.3 is 0 Å². The van der Waals surface area contributed by atoms with Crippen molar-refractivity contribution in [2.24, 2.45) is 0 Å². The number of hydrogen-bond donors (Lipinski definition) is 1. The highest BCUT2D eigenvalue weighted by molar-refractivity contribution is 9.10. The number of hydrogen-bond acceptors (Lipinski definition) is 3. The lowest BCUT2D eigenvalue weighted by Gasteiger charge is -2.18. The topological polar surface area (TPSA) is 58.6 Å². The van der Waals surface area contributed by atoms with E-state index < -0.39 is 0 Å². The highest BCUT2D eigenvalue weighted by Gasteiger charge is 2.11. The summed E-state index contributed by atoms with van der Waals surface area (Å²) in [5, 5.41) is 2.67. The minimum Gasteiger partial charge on any atom is -0.492 e. The van der Waals surface area contributed by atoms with Gasteiger partial charge in [-0.25, -0.2) is 0 Å². The zero-order chi connectivity index (χ0) is 17.5. The second kappa shape index (κ2) is 8.49. The van der Waals surface area contributed by atoms with Crippen molar-refractivity contribution in [1.29, 1.82) is 0 Å². The van der Waals surface area contributed by atoms with E-state index in [9.17, 15) is 9.59 Å². The molecular formula is C18H19BrN2O3. The summed E-state index contributed by atoms with van der Waals surface area (Å²) < 4.78 is 6.61. The van der Waals surface area contributed by atoms with Crippen LogP contribution < -0.4 is 10.1 Å². The summed E-state index contributed by atoms with van der Waals surface area (Å²) in [5.74, 6) is 0.527. The molecule has 0 fully saturated rings. The molecule has 0 saturated heterocycles. The van der Waals surface area contributed by atoms with E-state index >= 15 is 0 Å². The molecule has 0 spiro atoms. The van der Waals surface area contributed by atoms with Gasteiger partial charge in [-0.2, -0.15) is 0 Å². The van der Waals surface area contributed by atoms with E-state index in [0.717, 1.165) is 10.2 Å². The minimum atomic E-state index is -0.142. The fourth-order valence-corrected chi connectivity index (χ4v) is 2.32. The van der Waals surface area contributed by atoms with Gasteiger partial charge in [0, 0.05) is 29.7 Å². The Morgan fingerprint density at radius 3 is 2.29 bits per heavy atom. The molecule has 0 aliphatic heterocycles. The first kappa shape index (κ1) is 18.0. The van der Waals surface area contributed by atoms with Crippen LogP contribution in [0.5, 0.6) is 5.75 Å². The number of halogens is 1. The third-order valence-electron chi connectivity index (χ3n) is 3.31. The number of nitrogens with zero attached hydrogens (tertiary/aromatic N) is 1. The van der Waals surface area contributed by atoms with Crippen molar-refractivity contribution in [3.8, 4) is 5.75 Å². The molecule has 2 amide bonds. The van der Waals surface area contributed by atoms with Crippen LogP contribution >= 0.6 is 15.9 Å². The predicted molar refractivity (Wildman–Crippen MR) is 97.3 cm³/mol. The maximum atomic E-state index is 12.3. The van der Waals surface area contributed by atoms with Crippen LogP contribution in [0.4, 0.5) is 5.69 Å². The number of anilines is 1. The highest BCUT2D eigenvalue weighted by Crippen LogP contribution is 2.16. The Bertz CT molecular complexity index is 699. The van der Waals surface area contributed by atoms with Crippen molar-refractivity contribution in [3.05, 3.63) is 58.6 Å². The molecule has 2 aromatic carbocycles. The van der Waals surface area contributed by atoms with Gasteiger partial charge in [-0.1, -0.05) is 15.9 Å². The molecule has 0 atom stereocenters. The maximum absolute atomic E-state index is 12.3. The normalized spacial score (nSPS) is 10.1. The van der Waals surface area contributed by atoms with Gasteiger partial charge in [0.15, 0.2) is 0 Å². The number of likely N-dealkylation sites (N-methyl/N-ethyl adjacent to an activating group) is 1. The van der Waals surface area contributed by atoms with Crippen molar-refractivity contribution in [3.63, 3.8) is 0 Å². The molecule has 0 heterocycles. The average Bonchev–Trinajstić information content (AvgIpc) is 2.56. The molecule has 5 nitrogen and oxygen atoms in total. The van der Waals surface area contributed by atoms with Crippen molar-refractivity contribution >= 4 is 33.4 Å². The Morgan fingerprint density at radius 2 is 1.71 bits per heavy atom. The van der Waals surface area contributed by atoms with E-state index in [0.29, 0.717) is 24.4 Å². The SMILES string of the molecule is CC(=O)Nc1ccc(C(=O)N(C)CCOc2ccc(Br)cc2)cc1. The van der Waals surface area contributed by atoms with Gasteiger partial charge in [0.25, 0.3) is 5.91 Å². The number of carbonyl (C=O) groups is 2. The molecule has 1 N–H and O–H groups in total. The summed E-state index contributed by atoms with van der Waals surface area (Å²) in [6.07, 6.45) is 0. The lowest BCUT2D eigenvalue weighted by Crippen LogP contribution is -2.30. The van der Waals surface area contributed by atoms with Gasteiger partial charge in [-0.05, 0) is 48.5 Å². The largest absolute Gasteiger partial charge is 0.492 e. The van der Waals surface area contributed by atoms with Crippen LogP contribution in [0.2, 0.25) is 0 Å². The lowest BCUT2D eigenvalue weighted by molar-refractivity contribution is -0.114. The van der Waals surface area contributed by atoms with Crippen LogP contribution in [0.25, 0.3) is 0 Å². The van der Waals surface area contributed by atoms with Crippen LogP contribution in [-0.4, -0.2) is 36.9 Å². The highest BCUT2D eigenvalue weighted by atomic mass is 79.9. The average molecular weight is 391 g/mol. The fraction of sp³-hybridized carbons (Fsp3) is 0.222. The summed E-state index contributed by atoms with van der Waals surface area (Å²) in [7, 11) is 1.73. The van der Waals surface area contributed by atoms with E-state index in [1.165, 1.54) is 6.92 Å². The first-order valence-electron chi connectivity index (χ1n) is 7.47. The number of nitrogens with one attached hydrogen (secondary N) is 1. The van der Waals surface area contributed by atoms with E-state index in [1.54, 1.807) is 36.2 Å². The van der Waals surface area contributed by atoms with E-state index in [4.69, 9.17) is 4.74 Å². The zero-order valence-corrected chi connectivity index (χ0v) is 15.2. The van der Waals surface area contributed by atoms with Crippen molar-refractivity contribution < 1.29 is 14.3 Å². The zero-order valence-electron chi connectivity index (χ0n) is 13.6. The summed E-state index contributed by atoms with van der Waals surface area (Å²) in [6.45, 7) is 2.33. The summed E-state index contributed by atoms with van der Waals surface area (Å²) in [4.78, 5) is 24.9. The molecular weight excluding hydrogens is 372 g/mol. The first-order valence-corrected chi connectivity index (χ1v) is 8.26. The Kier molecular flexibility index (Phi) is 6.37. The quantitative estimate of drug-likeness (QED) is 0.819. The molecule has 126 valence electrons. The second-order valence-electron chi connectivity index (χ2n) is 5.29. The number of benzene rings is 2. The Hall–Kier alpha value is -2.34. The molecule has 2 rings (SSSR count). The van der Waals surface area contributed by atoms with Crippen LogP contribution in [0.3, 0.4) is 0 Å². The number of ether oxygens (including phenoxy) is 1.